The third-order valence-electron chi connectivity index (χ3n) is 4.81. The Balaban J connectivity index is 2.13. The SMILES string of the molecule is CCCNC(=O)[C@@H](CC)N(Cc1cccc(OC)c1)C(=O)CSCc1cccc(Cl)c1. The van der Waals surface area contributed by atoms with Crippen molar-refractivity contribution in [2.75, 3.05) is 19.4 Å². The first kappa shape index (κ1) is 25.1. The minimum Gasteiger partial charge on any atom is -0.497 e. The molecular formula is C24H31ClN2O3S. The number of nitrogens with zero attached hydrogens (tertiary/aromatic N) is 1. The maximum absolute atomic E-state index is 13.2. The number of carbonyl (C=O) groups is 2. The Hall–Kier alpha value is -2.18. The van der Waals surface area contributed by atoms with Gasteiger partial charge in [-0.05, 0) is 48.2 Å². The van der Waals surface area contributed by atoms with Crippen LogP contribution in [0, 0.1) is 0 Å². The van der Waals surface area contributed by atoms with Crippen molar-refractivity contribution >= 4 is 35.2 Å². The Bertz CT molecular complexity index is 862. The smallest absolute Gasteiger partial charge is 0.242 e. The molecule has 1 atom stereocenters. The molecule has 0 bridgehead atoms. The van der Waals surface area contributed by atoms with Gasteiger partial charge in [-0.15, -0.1) is 11.8 Å². The van der Waals surface area contributed by atoms with E-state index < -0.39 is 6.04 Å². The fourth-order valence-electron chi connectivity index (χ4n) is 3.22. The van der Waals surface area contributed by atoms with E-state index in [-0.39, 0.29) is 17.6 Å². The first-order valence-electron chi connectivity index (χ1n) is 10.5. The van der Waals surface area contributed by atoms with E-state index in [9.17, 15) is 9.59 Å². The van der Waals surface area contributed by atoms with Crippen LogP contribution in [0.15, 0.2) is 48.5 Å². The number of amides is 2. The topological polar surface area (TPSA) is 58.6 Å². The van der Waals surface area contributed by atoms with Crippen molar-refractivity contribution in [1.29, 1.82) is 0 Å². The van der Waals surface area contributed by atoms with E-state index in [1.54, 1.807) is 12.0 Å². The van der Waals surface area contributed by atoms with Crippen molar-refractivity contribution in [2.24, 2.45) is 0 Å². The molecule has 1 N–H and O–H groups in total. The molecule has 0 fully saturated rings. The van der Waals surface area contributed by atoms with E-state index in [1.807, 2.05) is 62.4 Å². The summed E-state index contributed by atoms with van der Waals surface area (Å²) in [5, 5.41) is 3.62. The van der Waals surface area contributed by atoms with E-state index >= 15 is 0 Å². The lowest BCUT2D eigenvalue weighted by molar-refractivity contribution is -0.139. The largest absolute Gasteiger partial charge is 0.497 e. The second kappa shape index (κ2) is 13.3. The number of thioether (sulfide) groups is 1. The summed E-state index contributed by atoms with van der Waals surface area (Å²) in [6.45, 7) is 4.89. The molecule has 0 unspecified atom stereocenters. The Kier molecular flexibility index (Phi) is 10.7. The fraction of sp³-hybridized carbons (Fsp3) is 0.417. The molecule has 31 heavy (non-hydrogen) atoms. The molecule has 7 heteroatoms. The molecule has 5 nitrogen and oxygen atoms in total. The van der Waals surface area contributed by atoms with E-state index in [2.05, 4.69) is 5.32 Å². The van der Waals surface area contributed by atoms with Gasteiger partial charge in [-0.25, -0.2) is 0 Å². The summed E-state index contributed by atoms with van der Waals surface area (Å²) in [6, 6.07) is 14.7. The molecule has 2 aromatic carbocycles. The Labute approximate surface area is 194 Å². The Morgan fingerprint density at radius 1 is 1.13 bits per heavy atom. The van der Waals surface area contributed by atoms with Crippen LogP contribution in [0.4, 0.5) is 0 Å². The number of hydrogen-bond acceptors (Lipinski definition) is 4. The molecule has 0 radical (unpaired) electrons. The van der Waals surface area contributed by atoms with Gasteiger partial charge in [-0.2, -0.15) is 0 Å². The van der Waals surface area contributed by atoms with Crippen LogP contribution in [-0.2, 0) is 21.9 Å². The molecule has 0 spiro atoms. The van der Waals surface area contributed by atoms with Crippen LogP contribution in [0.5, 0.6) is 5.75 Å². The van der Waals surface area contributed by atoms with Crippen LogP contribution in [0.1, 0.15) is 37.8 Å². The molecule has 168 valence electrons. The summed E-state index contributed by atoms with van der Waals surface area (Å²) in [4.78, 5) is 27.7. The van der Waals surface area contributed by atoms with Crippen molar-refractivity contribution in [3.8, 4) is 5.75 Å². The number of ether oxygens (including phenoxy) is 1. The highest BCUT2D eigenvalue weighted by Gasteiger charge is 2.28. The zero-order chi connectivity index (χ0) is 22.6. The van der Waals surface area contributed by atoms with Gasteiger partial charge < -0.3 is 15.0 Å². The zero-order valence-corrected chi connectivity index (χ0v) is 20.0. The summed E-state index contributed by atoms with van der Waals surface area (Å²) in [6.07, 6.45) is 1.39. The number of halogens is 1. The average Bonchev–Trinajstić information content (AvgIpc) is 2.77. The molecule has 0 aromatic heterocycles. The van der Waals surface area contributed by atoms with Gasteiger partial charge in [0, 0.05) is 23.9 Å². The number of benzene rings is 2. The van der Waals surface area contributed by atoms with Gasteiger partial charge in [0.05, 0.1) is 12.9 Å². The number of carbonyl (C=O) groups excluding carboxylic acids is 2. The van der Waals surface area contributed by atoms with E-state index in [1.165, 1.54) is 11.8 Å². The van der Waals surface area contributed by atoms with Gasteiger partial charge in [0.15, 0.2) is 0 Å². The van der Waals surface area contributed by atoms with E-state index in [0.717, 1.165) is 23.3 Å². The molecular weight excluding hydrogens is 432 g/mol. The monoisotopic (exact) mass is 462 g/mol. The van der Waals surface area contributed by atoms with Crippen molar-refractivity contribution in [3.05, 3.63) is 64.7 Å². The first-order valence-corrected chi connectivity index (χ1v) is 12.0. The van der Waals surface area contributed by atoms with Crippen molar-refractivity contribution in [1.82, 2.24) is 10.2 Å². The lowest BCUT2D eigenvalue weighted by Crippen LogP contribution is -2.49. The number of hydrogen-bond donors (Lipinski definition) is 1. The molecule has 0 saturated heterocycles. The quantitative estimate of drug-likeness (QED) is 0.486. The van der Waals surface area contributed by atoms with Gasteiger partial charge >= 0.3 is 0 Å². The summed E-state index contributed by atoms with van der Waals surface area (Å²) in [7, 11) is 1.61. The third kappa shape index (κ3) is 8.11. The van der Waals surface area contributed by atoms with Crippen LogP contribution >= 0.6 is 23.4 Å². The average molecular weight is 463 g/mol. The summed E-state index contributed by atoms with van der Waals surface area (Å²) in [5.74, 6) is 1.52. The minimum atomic E-state index is -0.517. The van der Waals surface area contributed by atoms with Gasteiger partial charge in [0.1, 0.15) is 11.8 Å². The number of methoxy groups -OCH3 is 1. The van der Waals surface area contributed by atoms with Crippen LogP contribution in [0.25, 0.3) is 0 Å². The Morgan fingerprint density at radius 2 is 1.87 bits per heavy atom. The lowest BCUT2D eigenvalue weighted by atomic mass is 10.1. The van der Waals surface area contributed by atoms with Crippen molar-refractivity contribution < 1.29 is 14.3 Å². The number of nitrogens with one attached hydrogen (secondary N) is 1. The van der Waals surface area contributed by atoms with Crippen molar-refractivity contribution in [3.63, 3.8) is 0 Å². The predicted octanol–water partition coefficient (Wildman–Crippen LogP) is 4.92. The maximum Gasteiger partial charge on any atom is 0.242 e. The molecule has 0 aliphatic heterocycles. The van der Waals surface area contributed by atoms with Gasteiger partial charge in [0.2, 0.25) is 11.8 Å². The number of rotatable bonds is 12. The lowest BCUT2D eigenvalue weighted by Gasteiger charge is -2.30. The summed E-state index contributed by atoms with van der Waals surface area (Å²) < 4.78 is 5.31. The second-order valence-electron chi connectivity index (χ2n) is 7.21. The molecule has 0 heterocycles. The normalized spacial score (nSPS) is 11.6. The van der Waals surface area contributed by atoms with E-state index in [4.69, 9.17) is 16.3 Å². The van der Waals surface area contributed by atoms with Gasteiger partial charge in [0.25, 0.3) is 0 Å². The molecule has 0 saturated carbocycles. The van der Waals surface area contributed by atoms with Gasteiger partial charge in [-0.1, -0.05) is 49.7 Å². The molecule has 2 amide bonds. The summed E-state index contributed by atoms with van der Waals surface area (Å²) >= 11 is 7.57. The molecule has 0 aliphatic carbocycles. The molecule has 2 rings (SSSR count). The fourth-order valence-corrected chi connectivity index (χ4v) is 4.29. The second-order valence-corrected chi connectivity index (χ2v) is 8.63. The highest BCUT2D eigenvalue weighted by atomic mass is 35.5. The molecule has 0 aliphatic rings. The minimum absolute atomic E-state index is 0.0617. The Morgan fingerprint density at radius 3 is 2.55 bits per heavy atom. The van der Waals surface area contributed by atoms with Crippen LogP contribution in [0.3, 0.4) is 0 Å². The predicted molar refractivity (Wildman–Crippen MR) is 129 cm³/mol. The van der Waals surface area contributed by atoms with Gasteiger partial charge in [-0.3, -0.25) is 9.59 Å². The van der Waals surface area contributed by atoms with Crippen LogP contribution in [-0.4, -0.2) is 42.2 Å². The van der Waals surface area contributed by atoms with E-state index in [0.29, 0.717) is 30.3 Å². The van der Waals surface area contributed by atoms with Crippen molar-refractivity contribution in [2.45, 2.75) is 45.0 Å². The summed E-state index contributed by atoms with van der Waals surface area (Å²) in [5.41, 5.74) is 1.99. The molecule has 2 aromatic rings. The highest BCUT2D eigenvalue weighted by molar-refractivity contribution is 7.99. The zero-order valence-electron chi connectivity index (χ0n) is 18.4. The van der Waals surface area contributed by atoms with Crippen LogP contribution in [0.2, 0.25) is 5.02 Å². The maximum atomic E-state index is 13.2. The van der Waals surface area contributed by atoms with Crippen LogP contribution < -0.4 is 10.1 Å². The first-order chi connectivity index (χ1) is 15.0. The third-order valence-corrected chi connectivity index (χ3v) is 6.03. The highest BCUT2D eigenvalue weighted by Crippen LogP contribution is 2.20. The standard InChI is InChI=1S/C24H31ClN2O3S/c1-4-12-26-24(29)22(5-2)27(15-18-8-7-11-21(14-18)30-3)23(28)17-31-16-19-9-6-10-20(25)13-19/h6-11,13-14,22H,4-5,12,15-17H2,1-3H3,(H,26,29)/t22-/m1/s1.